The maximum atomic E-state index is 5.51. The lowest BCUT2D eigenvalue weighted by Crippen LogP contribution is -2.10. The predicted molar refractivity (Wildman–Crippen MR) is 71.1 cm³/mol. The highest BCUT2D eigenvalue weighted by Gasteiger charge is 2.17. The molecule has 3 nitrogen and oxygen atoms in total. The molecule has 3 rings (SSSR count). The van der Waals surface area contributed by atoms with Crippen LogP contribution in [0.5, 0.6) is 0 Å². The van der Waals surface area contributed by atoms with E-state index in [2.05, 4.69) is 43.9 Å². The Morgan fingerprint density at radius 2 is 2.24 bits per heavy atom. The van der Waals surface area contributed by atoms with Gasteiger partial charge in [-0.3, -0.25) is 4.68 Å². The lowest BCUT2D eigenvalue weighted by molar-refractivity contribution is 0.141. The van der Waals surface area contributed by atoms with Crippen molar-refractivity contribution in [3.8, 4) is 0 Å². The molecule has 1 aromatic carbocycles. The number of halogens is 1. The van der Waals surface area contributed by atoms with E-state index < -0.39 is 0 Å². The highest BCUT2D eigenvalue weighted by Crippen LogP contribution is 2.29. The van der Waals surface area contributed by atoms with Gasteiger partial charge in [-0.15, -0.1) is 0 Å². The van der Waals surface area contributed by atoms with Crippen molar-refractivity contribution in [3.05, 3.63) is 28.9 Å². The summed E-state index contributed by atoms with van der Waals surface area (Å²) in [5.74, 6) is 0. The molecular weight excluding hydrogens is 280 g/mol. The first-order valence-corrected chi connectivity index (χ1v) is 6.85. The third-order valence-electron chi connectivity index (χ3n) is 3.36. The zero-order valence-electron chi connectivity index (χ0n) is 9.60. The van der Waals surface area contributed by atoms with E-state index in [4.69, 9.17) is 4.74 Å². The number of fused-ring (bicyclic) bond motifs is 1. The Kier molecular flexibility index (Phi) is 3.16. The quantitative estimate of drug-likeness (QED) is 0.804. The van der Waals surface area contributed by atoms with Crippen molar-refractivity contribution in [1.29, 1.82) is 0 Å². The topological polar surface area (TPSA) is 27.1 Å². The highest BCUT2D eigenvalue weighted by atomic mass is 79.9. The molecule has 0 aliphatic carbocycles. The summed E-state index contributed by atoms with van der Waals surface area (Å²) in [4.78, 5) is 0. The highest BCUT2D eigenvalue weighted by molar-refractivity contribution is 9.10. The largest absolute Gasteiger partial charge is 0.381 e. The average molecular weight is 295 g/mol. The first-order chi connectivity index (χ1) is 8.36. The fraction of sp³-hybridized carbons (Fsp3) is 0.462. The zero-order chi connectivity index (χ0) is 11.7. The molecule has 1 fully saturated rings. The molecule has 0 N–H and O–H groups in total. The van der Waals surface area contributed by atoms with Gasteiger partial charge in [0.05, 0.1) is 17.8 Å². The first-order valence-electron chi connectivity index (χ1n) is 6.06. The van der Waals surface area contributed by atoms with Gasteiger partial charge in [0.1, 0.15) is 0 Å². The molecule has 0 bridgehead atoms. The van der Waals surface area contributed by atoms with E-state index in [1.807, 2.05) is 6.20 Å². The summed E-state index contributed by atoms with van der Waals surface area (Å²) < 4.78 is 8.79. The average Bonchev–Trinajstić information content (AvgIpc) is 2.59. The van der Waals surface area contributed by atoms with Crippen LogP contribution in [0.3, 0.4) is 0 Å². The van der Waals surface area contributed by atoms with Crippen LogP contribution in [0, 0.1) is 0 Å². The Hall–Kier alpha value is -0.870. The number of hydrogen-bond acceptors (Lipinski definition) is 2. The molecule has 1 aliphatic heterocycles. The summed E-state index contributed by atoms with van der Waals surface area (Å²) >= 11 is 3.57. The van der Waals surface area contributed by atoms with Crippen molar-refractivity contribution in [3.63, 3.8) is 0 Å². The van der Waals surface area contributed by atoms with Gasteiger partial charge < -0.3 is 4.74 Å². The molecule has 0 amide bonds. The molecule has 2 heterocycles. The van der Waals surface area contributed by atoms with Crippen molar-refractivity contribution >= 4 is 26.8 Å². The maximum absolute atomic E-state index is 5.51. The lowest BCUT2D eigenvalue weighted by atomic mass is 10.1. The third kappa shape index (κ3) is 2.11. The molecule has 4 heteroatoms. The van der Waals surface area contributed by atoms with E-state index in [9.17, 15) is 0 Å². The predicted octanol–water partition coefficient (Wildman–Crippen LogP) is 3.54. The van der Waals surface area contributed by atoms with Gasteiger partial charge in [-0.05, 0) is 31.4 Å². The van der Waals surface area contributed by atoms with Crippen molar-refractivity contribution in [1.82, 2.24) is 9.78 Å². The number of aromatic nitrogens is 2. The minimum atomic E-state index is 0.476. The second-order valence-corrected chi connectivity index (χ2v) is 5.31. The van der Waals surface area contributed by atoms with Gasteiger partial charge in [0.2, 0.25) is 0 Å². The Labute approximate surface area is 109 Å². The van der Waals surface area contributed by atoms with Crippen LogP contribution >= 0.6 is 15.9 Å². The molecule has 0 spiro atoms. The number of hydrogen-bond donors (Lipinski definition) is 0. The minimum Gasteiger partial charge on any atom is -0.381 e. The minimum absolute atomic E-state index is 0.476. The van der Waals surface area contributed by atoms with Crippen LogP contribution in [-0.4, -0.2) is 23.0 Å². The summed E-state index contributed by atoms with van der Waals surface area (Å²) in [6, 6.07) is 6.74. The maximum Gasteiger partial charge on any atom is 0.0697 e. The van der Waals surface area contributed by atoms with Gasteiger partial charge in [-0.2, -0.15) is 5.10 Å². The fourth-order valence-corrected chi connectivity index (χ4v) is 2.92. The number of benzene rings is 1. The van der Waals surface area contributed by atoms with Crippen molar-refractivity contribution < 1.29 is 4.74 Å². The van der Waals surface area contributed by atoms with E-state index in [1.165, 1.54) is 10.9 Å². The lowest BCUT2D eigenvalue weighted by Gasteiger charge is -2.15. The Bertz CT molecular complexity index is 515. The summed E-state index contributed by atoms with van der Waals surface area (Å²) in [5.41, 5.74) is 1.21. The van der Waals surface area contributed by atoms with Crippen LogP contribution in [-0.2, 0) is 4.74 Å². The van der Waals surface area contributed by atoms with Gasteiger partial charge in [0.25, 0.3) is 0 Å². The molecule has 1 saturated heterocycles. The van der Waals surface area contributed by atoms with Crippen molar-refractivity contribution in [2.75, 3.05) is 13.2 Å². The van der Waals surface area contributed by atoms with Crippen LogP contribution in [0.2, 0.25) is 0 Å². The van der Waals surface area contributed by atoms with E-state index in [1.54, 1.807) is 0 Å². The standard InChI is InChI=1S/C13H15BrN2O/c14-12-4-1-5-13-11(12)9-15-16(13)10-3-2-7-17-8-6-10/h1,4-5,9-10H,2-3,6-8H2. The molecule has 2 aromatic rings. The van der Waals surface area contributed by atoms with Crippen LogP contribution in [0.1, 0.15) is 25.3 Å². The summed E-state index contributed by atoms with van der Waals surface area (Å²) in [5, 5.41) is 5.74. The van der Waals surface area contributed by atoms with Gasteiger partial charge >= 0.3 is 0 Å². The number of ether oxygens (including phenoxy) is 1. The Morgan fingerprint density at radius 3 is 3.18 bits per heavy atom. The normalized spacial score (nSPS) is 21.6. The monoisotopic (exact) mass is 294 g/mol. The summed E-state index contributed by atoms with van der Waals surface area (Å²) in [6.07, 6.45) is 5.29. The number of rotatable bonds is 1. The van der Waals surface area contributed by atoms with Crippen LogP contribution < -0.4 is 0 Å². The molecule has 17 heavy (non-hydrogen) atoms. The summed E-state index contributed by atoms with van der Waals surface area (Å²) in [6.45, 7) is 1.74. The van der Waals surface area contributed by atoms with E-state index in [0.29, 0.717) is 6.04 Å². The Balaban J connectivity index is 2.02. The summed E-state index contributed by atoms with van der Waals surface area (Å²) in [7, 11) is 0. The van der Waals surface area contributed by atoms with Crippen LogP contribution in [0.25, 0.3) is 10.9 Å². The van der Waals surface area contributed by atoms with Gasteiger partial charge in [0.15, 0.2) is 0 Å². The van der Waals surface area contributed by atoms with Crippen LogP contribution in [0.4, 0.5) is 0 Å². The zero-order valence-corrected chi connectivity index (χ0v) is 11.2. The first kappa shape index (κ1) is 11.2. The molecule has 1 atom stereocenters. The van der Waals surface area contributed by atoms with Crippen LogP contribution in [0.15, 0.2) is 28.9 Å². The van der Waals surface area contributed by atoms with Gasteiger partial charge in [-0.1, -0.05) is 22.0 Å². The van der Waals surface area contributed by atoms with Gasteiger partial charge in [-0.25, -0.2) is 0 Å². The van der Waals surface area contributed by atoms with Crippen molar-refractivity contribution in [2.24, 2.45) is 0 Å². The Morgan fingerprint density at radius 1 is 1.29 bits per heavy atom. The van der Waals surface area contributed by atoms with Crippen molar-refractivity contribution in [2.45, 2.75) is 25.3 Å². The molecule has 1 aliphatic rings. The third-order valence-corrected chi connectivity index (χ3v) is 4.05. The van der Waals surface area contributed by atoms with E-state index in [0.717, 1.165) is 36.9 Å². The smallest absolute Gasteiger partial charge is 0.0697 e. The second-order valence-electron chi connectivity index (χ2n) is 4.46. The second kappa shape index (κ2) is 4.78. The molecule has 0 radical (unpaired) electrons. The molecule has 1 unspecified atom stereocenters. The fourth-order valence-electron chi connectivity index (χ4n) is 2.46. The van der Waals surface area contributed by atoms with E-state index in [-0.39, 0.29) is 0 Å². The molecular formula is C13H15BrN2O. The SMILES string of the molecule is Brc1cccc2c1cnn2C1CCCOCC1. The number of nitrogens with zero attached hydrogens (tertiary/aromatic N) is 2. The van der Waals surface area contributed by atoms with Gasteiger partial charge in [0, 0.05) is 23.1 Å². The molecule has 0 saturated carbocycles. The molecule has 1 aromatic heterocycles. The molecule has 90 valence electrons. The van der Waals surface area contributed by atoms with E-state index >= 15 is 0 Å².